The first kappa shape index (κ1) is 13.5. The molecule has 1 atom stereocenters. The molecule has 0 bridgehead atoms. The van der Waals surface area contributed by atoms with Crippen LogP contribution < -0.4 is 5.73 Å². The van der Waals surface area contributed by atoms with E-state index in [1.807, 2.05) is 47.0 Å². The Morgan fingerprint density at radius 1 is 1.25 bits per heavy atom. The quantitative estimate of drug-likeness (QED) is 0.731. The number of anilines is 1. The fourth-order valence-corrected chi connectivity index (χ4v) is 3.09. The molecule has 0 radical (unpaired) electrons. The van der Waals surface area contributed by atoms with Gasteiger partial charge in [0.15, 0.2) is 0 Å². The second kappa shape index (κ2) is 5.11. The van der Waals surface area contributed by atoms with Crippen molar-refractivity contribution in [2.75, 3.05) is 5.73 Å². The summed E-state index contributed by atoms with van der Waals surface area (Å²) in [6.45, 7) is 2.07. The normalized spacial score (nSPS) is 12.8. The number of hydrogen-bond donors (Lipinski definition) is 1. The van der Waals surface area contributed by atoms with E-state index >= 15 is 0 Å². The number of nitrogen functional groups attached to an aromatic ring is 1. The molecule has 0 aliphatic heterocycles. The molecule has 0 aliphatic carbocycles. The highest BCUT2D eigenvalue weighted by Crippen LogP contribution is 2.31. The zero-order valence-electron chi connectivity index (χ0n) is 10.8. The molecule has 1 heterocycles. The lowest BCUT2D eigenvalue weighted by atomic mass is 10.1. The van der Waals surface area contributed by atoms with Crippen molar-refractivity contribution in [1.29, 1.82) is 0 Å². The van der Waals surface area contributed by atoms with Gasteiger partial charge in [-0.15, -0.1) is 0 Å². The van der Waals surface area contributed by atoms with Gasteiger partial charge in [0, 0.05) is 9.50 Å². The lowest BCUT2D eigenvalue weighted by Gasteiger charge is -2.17. The van der Waals surface area contributed by atoms with Gasteiger partial charge >= 0.3 is 0 Å². The number of nitrogens with two attached hydrogens (primary N) is 1. The van der Waals surface area contributed by atoms with E-state index in [2.05, 4.69) is 27.8 Å². The smallest absolute Gasteiger partial charge is 0.201 e. The van der Waals surface area contributed by atoms with E-state index in [1.54, 1.807) is 0 Å². The molecule has 3 nitrogen and oxygen atoms in total. The molecule has 2 aromatic carbocycles. The summed E-state index contributed by atoms with van der Waals surface area (Å²) in [7, 11) is 0. The van der Waals surface area contributed by atoms with Gasteiger partial charge in [-0.2, -0.15) is 0 Å². The Balaban J connectivity index is 2.19. The van der Waals surface area contributed by atoms with Crippen LogP contribution in [-0.4, -0.2) is 9.55 Å². The number of rotatable bonds is 2. The van der Waals surface area contributed by atoms with Crippen LogP contribution in [0, 0.1) is 0 Å². The van der Waals surface area contributed by atoms with Crippen LogP contribution in [0.5, 0.6) is 0 Å². The van der Waals surface area contributed by atoms with Crippen molar-refractivity contribution < 1.29 is 0 Å². The molecule has 1 unspecified atom stereocenters. The number of halogens is 2. The summed E-state index contributed by atoms with van der Waals surface area (Å²) in [5.74, 6) is 0.491. The van der Waals surface area contributed by atoms with Crippen LogP contribution in [0.25, 0.3) is 11.0 Å². The van der Waals surface area contributed by atoms with Gasteiger partial charge in [0.05, 0.1) is 17.1 Å². The predicted molar refractivity (Wildman–Crippen MR) is 87.1 cm³/mol. The van der Waals surface area contributed by atoms with E-state index < -0.39 is 0 Å². The van der Waals surface area contributed by atoms with Crippen LogP contribution in [0.4, 0.5) is 5.95 Å². The Kier molecular flexibility index (Phi) is 3.44. The number of benzene rings is 2. The summed E-state index contributed by atoms with van der Waals surface area (Å²) in [6.07, 6.45) is 0. The summed E-state index contributed by atoms with van der Waals surface area (Å²) >= 11 is 9.73. The van der Waals surface area contributed by atoms with Crippen molar-refractivity contribution in [3.8, 4) is 0 Å². The van der Waals surface area contributed by atoms with Crippen LogP contribution in [0.3, 0.4) is 0 Å². The van der Waals surface area contributed by atoms with E-state index in [1.165, 1.54) is 0 Å². The third kappa shape index (κ3) is 2.19. The van der Waals surface area contributed by atoms with E-state index in [0.717, 1.165) is 26.1 Å². The summed E-state index contributed by atoms with van der Waals surface area (Å²) in [5, 5.41) is 0.735. The Bertz CT molecular complexity index is 782. The van der Waals surface area contributed by atoms with Crippen molar-refractivity contribution in [3.63, 3.8) is 0 Å². The molecule has 102 valence electrons. The predicted octanol–water partition coefficient (Wildman–Crippen LogP) is 4.64. The molecule has 0 fully saturated rings. The summed E-state index contributed by atoms with van der Waals surface area (Å²) in [5.41, 5.74) is 8.99. The van der Waals surface area contributed by atoms with Crippen molar-refractivity contribution in [1.82, 2.24) is 9.55 Å². The summed E-state index contributed by atoms with van der Waals surface area (Å²) < 4.78 is 2.99. The number of aromatic nitrogens is 2. The highest BCUT2D eigenvalue weighted by Gasteiger charge is 2.17. The third-order valence-corrected chi connectivity index (χ3v) is 4.26. The van der Waals surface area contributed by atoms with Crippen LogP contribution in [0.15, 0.2) is 46.9 Å². The maximum absolute atomic E-state index is 6.28. The highest BCUT2D eigenvalue weighted by molar-refractivity contribution is 9.10. The van der Waals surface area contributed by atoms with Crippen LogP contribution >= 0.6 is 27.5 Å². The minimum absolute atomic E-state index is 0.0230. The van der Waals surface area contributed by atoms with Gasteiger partial charge in [0.25, 0.3) is 0 Å². The second-order valence-electron chi connectivity index (χ2n) is 4.67. The molecule has 5 heteroatoms. The lowest BCUT2D eigenvalue weighted by molar-refractivity contribution is 0.668. The number of fused-ring (bicyclic) bond motifs is 1. The van der Waals surface area contributed by atoms with Crippen molar-refractivity contribution >= 4 is 44.5 Å². The van der Waals surface area contributed by atoms with Crippen LogP contribution in [-0.2, 0) is 0 Å². The maximum atomic E-state index is 6.28. The summed E-state index contributed by atoms with van der Waals surface area (Å²) in [4.78, 5) is 4.42. The molecule has 3 rings (SSSR count). The van der Waals surface area contributed by atoms with Gasteiger partial charge in [-0.05, 0) is 36.8 Å². The van der Waals surface area contributed by atoms with Gasteiger partial charge in [-0.1, -0.05) is 45.7 Å². The third-order valence-electron chi connectivity index (χ3n) is 3.42. The first-order valence-electron chi connectivity index (χ1n) is 6.25. The number of hydrogen-bond acceptors (Lipinski definition) is 2. The molecule has 3 aromatic rings. The highest BCUT2D eigenvalue weighted by atomic mass is 79.9. The summed E-state index contributed by atoms with van der Waals surface area (Å²) in [6, 6.07) is 13.8. The molecule has 1 aromatic heterocycles. The largest absolute Gasteiger partial charge is 0.369 e. The Labute approximate surface area is 130 Å². The average Bonchev–Trinajstić information content (AvgIpc) is 2.73. The number of imidazole rings is 1. The Morgan fingerprint density at radius 2 is 2.00 bits per heavy atom. The topological polar surface area (TPSA) is 43.8 Å². The molecule has 0 saturated heterocycles. The Hall–Kier alpha value is -1.52. The molecule has 2 N–H and O–H groups in total. The molecule has 0 amide bonds. The van der Waals surface area contributed by atoms with Crippen LogP contribution in [0.2, 0.25) is 5.02 Å². The maximum Gasteiger partial charge on any atom is 0.201 e. The number of nitrogens with zero attached hydrogens (tertiary/aromatic N) is 2. The molecule has 0 aliphatic rings. The van der Waals surface area contributed by atoms with Gasteiger partial charge in [0.1, 0.15) is 0 Å². The molecule has 20 heavy (non-hydrogen) atoms. The minimum Gasteiger partial charge on any atom is -0.369 e. The average molecular weight is 351 g/mol. The molecule has 0 spiro atoms. The van der Waals surface area contributed by atoms with Gasteiger partial charge in [-0.25, -0.2) is 4.98 Å². The molecule has 0 saturated carbocycles. The Morgan fingerprint density at radius 3 is 2.75 bits per heavy atom. The zero-order valence-corrected chi connectivity index (χ0v) is 13.2. The standard InChI is InChI=1S/C15H13BrClN3/c1-9(11-4-2-3-5-12(11)17)20-14-7-6-10(16)8-13(14)19-15(20)18/h2-9H,1H3,(H2,18,19). The molecular formula is C15H13BrClN3. The van der Waals surface area contributed by atoms with Gasteiger partial charge in [0.2, 0.25) is 5.95 Å². The monoisotopic (exact) mass is 349 g/mol. The van der Waals surface area contributed by atoms with Crippen molar-refractivity contribution in [3.05, 3.63) is 57.5 Å². The van der Waals surface area contributed by atoms with E-state index in [-0.39, 0.29) is 6.04 Å². The fourth-order valence-electron chi connectivity index (χ4n) is 2.45. The van der Waals surface area contributed by atoms with E-state index in [9.17, 15) is 0 Å². The first-order chi connectivity index (χ1) is 9.58. The SMILES string of the molecule is CC(c1ccccc1Cl)n1c(N)nc2cc(Br)ccc21. The zero-order chi connectivity index (χ0) is 14.3. The molecular weight excluding hydrogens is 338 g/mol. The minimum atomic E-state index is 0.0230. The van der Waals surface area contributed by atoms with Crippen molar-refractivity contribution in [2.45, 2.75) is 13.0 Å². The van der Waals surface area contributed by atoms with Crippen molar-refractivity contribution in [2.24, 2.45) is 0 Å². The van der Waals surface area contributed by atoms with Gasteiger partial charge < -0.3 is 10.3 Å². The van der Waals surface area contributed by atoms with Gasteiger partial charge in [-0.3, -0.25) is 0 Å². The second-order valence-corrected chi connectivity index (χ2v) is 5.99. The lowest BCUT2D eigenvalue weighted by Crippen LogP contribution is -2.10. The first-order valence-corrected chi connectivity index (χ1v) is 7.42. The van der Waals surface area contributed by atoms with E-state index in [0.29, 0.717) is 5.95 Å². The van der Waals surface area contributed by atoms with Crippen LogP contribution in [0.1, 0.15) is 18.5 Å². The fraction of sp³-hybridized carbons (Fsp3) is 0.133. The van der Waals surface area contributed by atoms with E-state index in [4.69, 9.17) is 17.3 Å².